The van der Waals surface area contributed by atoms with Gasteiger partial charge < -0.3 is 28.1 Å². The highest BCUT2D eigenvalue weighted by atomic mass is 16.6. The Kier molecular flexibility index (Phi) is 6.99. The van der Waals surface area contributed by atoms with Crippen LogP contribution in [-0.2, 0) is 9.53 Å². The molecule has 9 nitrogen and oxygen atoms in total. The van der Waals surface area contributed by atoms with E-state index in [4.69, 9.17) is 28.1 Å². The standard InChI is InChI=1S/C23H22O9/c1-13-7-21(25)32-18-10-15(5-6-16(13)18)30-12-22(26)31-11-17(24)14-8-19(27-2)23(29-4)20(9-14)28-3/h5-10H,11-12H2,1-4H3. The van der Waals surface area contributed by atoms with Crippen LogP contribution in [0.2, 0.25) is 0 Å². The summed E-state index contributed by atoms with van der Waals surface area (Å²) in [5.41, 5.74) is 0.871. The maximum Gasteiger partial charge on any atom is 0.344 e. The van der Waals surface area contributed by atoms with Gasteiger partial charge in [0.1, 0.15) is 11.3 Å². The predicted octanol–water partition coefficient (Wildman–Crippen LogP) is 2.93. The van der Waals surface area contributed by atoms with Gasteiger partial charge in [0.2, 0.25) is 11.5 Å². The first-order valence-corrected chi connectivity index (χ1v) is 9.52. The molecular weight excluding hydrogens is 420 g/mol. The van der Waals surface area contributed by atoms with Crippen LogP contribution in [0.1, 0.15) is 15.9 Å². The number of carbonyl (C=O) groups excluding carboxylic acids is 2. The first-order valence-electron chi connectivity index (χ1n) is 9.52. The molecule has 3 aromatic rings. The molecule has 0 spiro atoms. The smallest absolute Gasteiger partial charge is 0.344 e. The summed E-state index contributed by atoms with van der Waals surface area (Å²) in [4.78, 5) is 36.0. The van der Waals surface area contributed by atoms with Crippen molar-refractivity contribution in [1.82, 2.24) is 0 Å². The third-order valence-corrected chi connectivity index (χ3v) is 4.63. The Morgan fingerprint density at radius 2 is 1.59 bits per heavy atom. The fourth-order valence-corrected chi connectivity index (χ4v) is 3.05. The number of esters is 1. The zero-order valence-electron chi connectivity index (χ0n) is 18.1. The minimum Gasteiger partial charge on any atom is -0.493 e. The Labute approximate surface area is 183 Å². The van der Waals surface area contributed by atoms with E-state index in [1.165, 1.54) is 45.6 Å². The summed E-state index contributed by atoms with van der Waals surface area (Å²) < 4.78 is 31.2. The number of rotatable bonds is 9. The molecule has 2 aromatic carbocycles. The SMILES string of the molecule is COc1cc(C(=O)COC(=O)COc2ccc3c(C)cc(=O)oc3c2)cc(OC)c1OC. The number of aryl methyl sites for hydroxylation is 1. The first-order chi connectivity index (χ1) is 15.4. The zero-order valence-corrected chi connectivity index (χ0v) is 18.1. The topological polar surface area (TPSA) is 111 Å². The predicted molar refractivity (Wildman–Crippen MR) is 114 cm³/mol. The largest absolute Gasteiger partial charge is 0.493 e. The summed E-state index contributed by atoms with van der Waals surface area (Å²) in [7, 11) is 4.32. The van der Waals surface area contributed by atoms with E-state index in [2.05, 4.69) is 0 Å². The Hall–Kier alpha value is -4.01. The van der Waals surface area contributed by atoms with Crippen LogP contribution in [0.25, 0.3) is 11.0 Å². The first kappa shape index (κ1) is 22.7. The second-order valence-corrected chi connectivity index (χ2v) is 6.69. The molecule has 0 saturated carbocycles. The molecule has 0 aliphatic heterocycles. The maximum absolute atomic E-state index is 12.5. The Morgan fingerprint density at radius 1 is 0.906 bits per heavy atom. The van der Waals surface area contributed by atoms with Gasteiger partial charge in [-0.25, -0.2) is 9.59 Å². The number of carbonyl (C=O) groups is 2. The fraction of sp³-hybridized carbons (Fsp3) is 0.261. The molecule has 168 valence electrons. The van der Waals surface area contributed by atoms with E-state index in [0.717, 1.165) is 10.9 Å². The summed E-state index contributed by atoms with van der Waals surface area (Å²) in [5.74, 6) is 0.0840. The lowest BCUT2D eigenvalue weighted by molar-refractivity contribution is -0.144. The molecule has 0 unspecified atom stereocenters. The van der Waals surface area contributed by atoms with E-state index in [-0.39, 0.29) is 5.56 Å². The van der Waals surface area contributed by atoms with Crippen molar-refractivity contribution < 1.29 is 37.7 Å². The molecule has 1 aromatic heterocycles. The van der Waals surface area contributed by atoms with Crippen LogP contribution in [-0.4, -0.2) is 46.3 Å². The zero-order chi connectivity index (χ0) is 23.3. The quantitative estimate of drug-likeness (QED) is 0.281. The van der Waals surface area contributed by atoms with Gasteiger partial charge in [-0.15, -0.1) is 0 Å². The average Bonchev–Trinajstić information content (AvgIpc) is 2.79. The van der Waals surface area contributed by atoms with Gasteiger partial charge in [0.05, 0.1) is 21.3 Å². The van der Waals surface area contributed by atoms with E-state index in [1.54, 1.807) is 19.1 Å². The molecular formula is C23H22O9. The van der Waals surface area contributed by atoms with Crippen LogP contribution in [0.3, 0.4) is 0 Å². The molecule has 0 saturated heterocycles. The van der Waals surface area contributed by atoms with Gasteiger partial charge in [-0.2, -0.15) is 0 Å². The van der Waals surface area contributed by atoms with Gasteiger partial charge in [-0.1, -0.05) is 0 Å². The van der Waals surface area contributed by atoms with Crippen molar-refractivity contribution in [1.29, 1.82) is 0 Å². The van der Waals surface area contributed by atoms with Crippen LogP contribution in [0.4, 0.5) is 0 Å². The van der Waals surface area contributed by atoms with Gasteiger partial charge in [-0.3, -0.25) is 4.79 Å². The van der Waals surface area contributed by atoms with Crippen LogP contribution < -0.4 is 24.6 Å². The molecule has 0 N–H and O–H groups in total. The van der Waals surface area contributed by atoms with E-state index in [0.29, 0.717) is 28.6 Å². The minimum absolute atomic E-state index is 0.230. The van der Waals surface area contributed by atoms with Crippen molar-refractivity contribution in [2.45, 2.75) is 6.92 Å². The highest BCUT2D eigenvalue weighted by Gasteiger charge is 2.18. The van der Waals surface area contributed by atoms with Crippen LogP contribution in [0.5, 0.6) is 23.0 Å². The van der Waals surface area contributed by atoms with E-state index in [9.17, 15) is 14.4 Å². The van der Waals surface area contributed by atoms with Gasteiger partial charge >= 0.3 is 11.6 Å². The summed E-state index contributed by atoms with van der Waals surface area (Å²) in [6, 6.07) is 9.22. The summed E-state index contributed by atoms with van der Waals surface area (Å²) in [6.07, 6.45) is 0. The third kappa shape index (κ3) is 5.00. The molecule has 1 heterocycles. The number of hydrogen-bond acceptors (Lipinski definition) is 9. The summed E-state index contributed by atoms with van der Waals surface area (Å²) >= 11 is 0. The molecule has 32 heavy (non-hydrogen) atoms. The summed E-state index contributed by atoms with van der Waals surface area (Å²) in [6.45, 7) is 0.874. The van der Waals surface area contributed by atoms with E-state index < -0.39 is 30.6 Å². The Bertz CT molecular complexity index is 1180. The number of hydrogen-bond donors (Lipinski definition) is 0. The second-order valence-electron chi connectivity index (χ2n) is 6.69. The van der Waals surface area contributed by atoms with Gasteiger partial charge in [0.15, 0.2) is 24.7 Å². The van der Waals surface area contributed by atoms with Crippen molar-refractivity contribution in [2.24, 2.45) is 0 Å². The molecule has 3 rings (SSSR count). The summed E-state index contributed by atoms with van der Waals surface area (Å²) in [5, 5.41) is 0.760. The van der Waals surface area contributed by atoms with Crippen LogP contribution in [0, 0.1) is 6.92 Å². The molecule has 0 aliphatic carbocycles. The monoisotopic (exact) mass is 442 g/mol. The number of fused-ring (bicyclic) bond motifs is 1. The van der Waals surface area contributed by atoms with Crippen LogP contribution in [0.15, 0.2) is 45.6 Å². The molecule has 0 amide bonds. The number of Topliss-reactive ketones (excluding diaryl/α,β-unsaturated/α-hetero) is 1. The minimum atomic E-state index is -0.739. The average molecular weight is 442 g/mol. The number of ether oxygens (including phenoxy) is 5. The van der Waals surface area contributed by atoms with Gasteiger partial charge in [-0.05, 0) is 36.8 Å². The number of methoxy groups -OCH3 is 3. The molecule has 0 fully saturated rings. The van der Waals surface area contributed by atoms with Crippen molar-refractivity contribution in [3.63, 3.8) is 0 Å². The molecule has 0 aliphatic rings. The lowest BCUT2D eigenvalue weighted by Crippen LogP contribution is -2.19. The molecule has 0 atom stereocenters. The van der Waals surface area contributed by atoms with E-state index in [1.807, 2.05) is 0 Å². The van der Waals surface area contributed by atoms with Crippen molar-refractivity contribution in [3.05, 3.63) is 57.9 Å². The van der Waals surface area contributed by atoms with Crippen molar-refractivity contribution in [3.8, 4) is 23.0 Å². The highest BCUT2D eigenvalue weighted by molar-refractivity contribution is 5.99. The van der Waals surface area contributed by atoms with Crippen LogP contribution >= 0.6 is 0 Å². The molecule has 9 heteroatoms. The lowest BCUT2D eigenvalue weighted by Gasteiger charge is -2.13. The Morgan fingerprint density at radius 3 is 2.22 bits per heavy atom. The molecule has 0 bridgehead atoms. The van der Waals surface area contributed by atoms with Gasteiger partial charge in [0, 0.05) is 23.1 Å². The number of benzene rings is 2. The maximum atomic E-state index is 12.5. The fourth-order valence-electron chi connectivity index (χ4n) is 3.05. The normalized spacial score (nSPS) is 10.5. The number of ketones is 1. The lowest BCUT2D eigenvalue weighted by atomic mass is 10.1. The van der Waals surface area contributed by atoms with Crippen molar-refractivity contribution in [2.75, 3.05) is 34.5 Å². The van der Waals surface area contributed by atoms with Crippen molar-refractivity contribution >= 4 is 22.7 Å². The van der Waals surface area contributed by atoms with E-state index >= 15 is 0 Å². The highest BCUT2D eigenvalue weighted by Crippen LogP contribution is 2.38. The third-order valence-electron chi connectivity index (χ3n) is 4.63. The second kappa shape index (κ2) is 9.86. The molecule has 0 radical (unpaired) electrons. The van der Waals surface area contributed by atoms with Gasteiger partial charge in [0.25, 0.3) is 0 Å². The Balaban J connectivity index is 1.61.